The molecule has 3 fully saturated rings. The van der Waals surface area contributed by atoms with E-state index in [1.54, 1.807) is 0 Å². The van der Waals surface area contributed by atoms with Gasteiger partial charge in [-0.15, -0.1) is 0 Å². The average Bonchev–Trinajstić information content (AvgIpc) is 2.83. The number of nitrogens with one attached hydrogen (secondary N) is 1. The van der Waals surface area contributed by atoms with Crippen LogP contribution in [0.15, 0.2) is 18.2 Å². The number of Topliss-reactive ketones (excluding diaryl/α,β-unsaturated/α-hetero) is 1. The molecule has 1 aromatic carbocycles. The summed E-state index contributed by atoms with van der Waals surface area (Å²) in [5, 5.41) is 2.60. The number of fused-ring (bicyclic) bond motifs is 1. The summed E-state index contributed by atoms with van der Waals surface area (Å²) in [6.45, 7) is 0. The predicted octanol–water partition coefficient (Wildman–Crippen LogP) is 1.23. The summed E-state index contributed by atoms with van der Waals surface area (Å²) in [4.78, 5) is 35.0. The highest BCUT2D eigenvalue weighted by molar-refractivity contribution is 6.07. The van der Waals surface area contributed by atoms with Crippen LogP contribution < -0.4 is 11.1 Å². The van der Waals surface area contributed by atoms with E-state index in [1.165, 1.54) is 6.07 Å². The number of rotatable bonds is 3. The zero-order valence-electron chi connectivity index (χ0n) is 10.6. The number of benzene rings is 1. The first-order valence-corrected chi connectivity index (χ1v) is 6.35. The highest BCUT2D eigenvalue weighted by Gasteiger charge is 2.60. The third-order valence-electron chi connectivity index (χ3n) is 4.22. The van der Waals surface area contributed by atoms with E-state index < -0.39 is 17.1 Å². The number of carbonyl (C=O) groups is 3. The number of nitrogens with two attached hydrogens (primary N) is 1. The smallest absolute Gasteiger partial charge is 0.250 e. The van der Waals surface area contributed by atoms with Crippen molar-refractivity contribution < 1.29 is 18.8 Å². The molecule has 2 bridgehead atoms. The normalized spacial score (nSPS) is 27.1. The van der Waals surface area contributed by atoms with E-state index in [2.05, 4.69) is 5.32 Å². The molecule has 1 aromatic rings. The van der Waals surface area contributed by atoms with E-state index in [9.17, 15) is 18.8 Å². The number of anilines is 1. The van der Waals surface area contributed by atoms with Crippen molar-refractivity contribution in [2.75, 3.05) is 5.32 Å². The van der Waals surface area contributed by atoms with Crippen LogP contribution in [0.1, 0.15) is 29.6 Å². The maximum Gasteiger partial charge on any atom is 0.250 e. The quantitative estimate of drug-likeness (QED) is 0.870. The lowest BCUT2D eigenvalue weighted by atomic mass is 9.69. The van der Waals surface area contributed by atoms with Gasteiger partial charge >= 0.3 is 0 Å². The van der Waals surface area contributed by atoms with Gasteiger partial charge in [-0.2, -0.15) is 0 Å². The van der Waals surface area contributed by atoms with Crippen LogP contribution in [0.4, 0.5) is 10.1 Å². The Morgan fingerprint density at radius 1 is 1.35 bits per heavy atom. The topological polar surface area (TPSA) is 89.3 Å². The summed E-state index contributed by atoms with van der Waals surface area (Å²) in [7, 11) is 0. The van der Waals surface area contributed by atoms with E-state index in [4.69, 9.17) is 5.73 Å². The van der Waals surface area contributed by atoms with Gasteiger partial charge in [-0.05, 0) is 31.0 Å². The number of carbonyl (C=O) groups excluding carboxylic acids is 3. The Morgan fingerprint density at radius 3 is 2.60 bits per heavy atom. The van der Waals surface area contributed by atoms with Crippen molar-refractivity contribution in [3.63, 3.8) is 0 Å². The monoisotopic (exact) mass is 276 g/mol. The van der Waals surface area contributed by atoms with Gasteiger partial charge < -0.3 is 11.1 Å². The van der Waals surface area contributed by atoms with E-state index in [0.29, 0.717) is 12.8 Å². The lowest BCUT2D eigenvalue weighted by Gasteiger charge is -2.35. The molecule has 0 spiro atoms. The fraction of sp³-hybridized carbons (Fsp3) is 0.357. The van der Waals surface area contributed by atoms with Gasteiger partial charge in [-0.3, -0.25) is 14.4 Å². The van der Waals surface area contributed by atoms with Crippen molar-refractivity contribution in [2.45, 2.75) is 19.3 Å². The van der Waals surface area contributed by atoms with Crippen molar-refractivity contribution in [2.24, 2.45) is 17.1 Å². The Kier molecular flexibility index (Phi) is 2.64. The van der Waals surface area contributed by atoms with Crippen LogP contribution in [0.3, 0.4) is 0 Å². The van der Waals surface area contributed by atoms with Gasteiger partial charge in [0.1, 0.15) is 11.6 Å². The SMILES string of the molecule is NC(=O)c1cc(F)ccc1NC(=O)C12CC(=O)C(C1)C2. The molecule has 104 valence electrons. The first-order valence-electron chi connectivity index (χ1n) is 6.35. The lowest BCUT2D eigenvalue weighted by molar-refractivity contribution is -0.129. The molecule has 0 radical (unpaired) electrons. The van der Waals surface area contributed by atoms with Crippen LogP contribution in [0, 0.1) is 17.2 Å². The molecule has 0 atom stereocenters. The lowest BCUT2D eigenvalue weighted by Crippen LogP contribution is -2.40. The van der Waals surface area contributed by atoms with E-state index in [1.807, 2.05) is 0 Å². The van der Waals surface area contributed by atoms with Gasteiger partial charge in [0.15, 0.2) is 0 Å². The number of ketones is 1. The zero-order chi connectivity index (χ0) is 14.5. The minimum absolute atomic E-state index is 0.00424. The first kappa shape index (κ1) is 12.8. The van der Waals surface area contributed by atoms with Crippen molar-refractivity contribution in [3.05, 3.63) is 29.6 Å². The molecule has 3 N–H and O–H groups in total. The Morgan fingerprint density at radius 2 is 2.05 bits per heavy atom. The molecule has 0 unspecified atom stereocenters. The van der Waals surface area contributed by atoms with Crippen LogP contribution in [-0.4, -0.2) is 17.6 Å². The minimum atomic E-state index is -0.814. The second kappa shape index (κ2) is 4.13. The summed E-state index contributed by atoms with van der Waals surface area (Å²) < 4.78 is 13.1. The summed E-state index contributed by atoms with van der Waals surface area (Å²) >= 11 is 0. The van der Waals surface area contributed by atoms with Gasteiger partial charge in [0.2, 0.25) is 5.91 Å². The van der Waals surface area contributed by atoms with E-state index in [-0.39, 0.29) is 35.3 Å². The molecule has 0 saturated heterocycles. The maximum atomic E-state index is 13.1. The average molecular weight is 276 g/mol. The maximum absolute atomic E-state index is 13.1. The summed E-state index contributed by atoms with van der Waals surface area (Å²) in [6, 6.07) is 3.43. The van der Waals surface area contributed by atoms with Crippen LogP contribution in [0.2, 0.25) is 0 Å². The van der Waals surface area contributed by atoms with Crippen LogP contribution in [0.5, 0.6) is 0 Å². The largest absolute Gasteiger partial charge is 0.366 e. The van der Waals surface area contributed by atoms with Crippen molar-refractivity contribution >= 4 is 23.3 Å². The van der Waals surface area contributed by atoms with Crippen molar-refractivity contribution in [1.29, 1.82) is 0 Å². The first-order chi connectivity index (χ1) is 9.41. The fourth-order valence-electron chi connectivity index (χ4n) is 3.08. The molecule has 2 amide bonds. The number of hydrogen-bond acceptors (Lipinski definition) is 3. The third kappa shape index (κ3) is 1.79. The van der Waals surface area contributed by atoms with Crippen LogP contribution >= 0.6 is 0 Å². The Hall–Kier alpha value is -2.24. The molecular weight excluding hydrogens is 263 g/mol. The molecule has 3 aliphatic rings. The Balaban J connectivity index is 1.84. The standard InChI is InChI=1S/C14H13FN2O3/c15-8-1-2-10(9(3-8)12(16)19)17-13(20)14-4-7(5-14)11(18)6-14/h1-3,7H,4-6H2,(H2,16,19)(H,17,20). The second-order valence-corrected chi connectivity index (χ2v) is 5.54. The highest BCUT2D eigenvalue weighted by Crippen LogP contribution is 2.57. The van der Waals surface area contributed by atoms with Gasteiger partial charge in [-0.1, -0.05) is 0 Å². The zero-order valence-corrected chi connectivity index (χ0v) is 10.6. The minimum Gasteiger partial charge on any atom is -0.366 e. The molecule has 3 saturated carbocycles. The number of amides is 2. The molecule has 4 rings (SSSR count). The second-order valence-electron chi connectivity index (χ2n) is 5.54. The van der Waals surface area contributed by atoms with E-state index >= 15 is 0 Å². The van der Waals surface area contributed by atoms with Crippen molar-refractivity contribution in [3.8, 4) is 0 Å². The van der Waals surface area contributed by atoms with Gasteiger partial charge in [0.05, 0.1) is 16.7 Å². The van der Waals surface area contributed by atoms with Crippen LogP contribution in [0.25, 0.3) is 0 Å². The predicted molar refractivity (Wildman–Crippen MR) is 68.3 cm³/mol. The fourth-order valence-corrected chi connectivity index (χ4v) is 3.08. The molecule has 0 aliphatic heterocycles. The van der Waals surface area contributed by atoms with Crippen molar-refractivity contribution in [1.82, 2.24) is 0 Å². The number of halogens is 1. The summed E-state index contributed by atoms with van der Waals surface area (Å²) in [6.07, 6.45) is 1.37. The third-order valence-corrected chi connectivity index (χ3v) is 4.22. The van der Waals surface area contributed by atoms with Gasteiger partial charge in [-0.25, -0.2) is 4.39 Å². The van der Waals surface area contributed by atoms with E-state index in [0.717, 1.165) is 12.1 Å². The molecule has 6 heteroatoms. The highest BCUT2D eigenvalue weighted by atomic mass is 19.1. The molecular formula is C14H13FN2O3. The molecule has 3 aliphatic carbocycles. The Labute approximate surface area is 114 Å². The summed E-state index contributed by atoms with van der Waals surface area (Å²) in [5.74, 6) is -1.59. The Bertz CT molecular complexity index is 635. The molecule has 0 heterocycles. The number of hydrogen-bond donors (Lipinski definition) is 2. The number of primary amides is 1. The molecule has 20 heavy (non-hydrogen) atoms. The molecule has 5 nitrogen and oxygen atoms in total. The summed E-state index contributed by atoms with van der Waals surface area (Å²) in [5.41, 5.74) is 4.63. The van der Waals surface area contributed by atoms with Gasteiger partial charge in [0.25, 0.3) is 5.91 Å². The molecule has 0 aromatic heterocycles. The van der Waals surface area contributed by atoms with Crippen LogP contribution in [-0.2, 0) is 9.59 Å². The van der Waals surface area contributed by atoms with Gasteiger partial charge in [0, 0.05) is 12.3 Å².